The second kappa shape index (κ2) is 7.83. The summed E-state index contributed by atoms with van der Waals surface area (Å²) in [6.07, 6.45) is 5.11. The summed E-state index contributed by atoms with van der Waals surface area (Å²) in [6.45, 7) is 6.65. The van der Waals surface area contributed by atoms with Gasteiger partial charge in [-0.25, -0.2) is 0 Å². The second-order valence-electron chi connectivity index (χ2n) is 4.94. The summed E-state index contributed by atoms with van der Waals surface area (Å²) in [5.41, 5.74) is 2.58. The maximum absolute atomic E-state index is 5.32. The van der Waals surface area contributed by atoms with Gasteiger partial charge in [0.2, 0.25) is 0 Å². The molecular formula is C16H25BrO. The molecule has 2 heteroatoms. The quantitative estimate of drug-likeness (QED) is 0.590. The normalized spacial score (nSPS) is 14.3. The van der Waals surface area contributed by atoms with Crippen LogP contribution < -0.4 is 4.74 Å². The van der Waals surface area contributed by atoms with Gasteiger partial charge in [-0.05, 0) is 36.5 Å². The molecule has 0 aliphatic carbocycles. The Labute approximate surface area is 120 Å². The van der Waals surface area contributed by atoms with Crippen LogP contribution in [-0.2, 0) is 0 Å². The minimum absolute atomic E-state index is 0.457. The third-order valence-electron chi connectivity index (χ3n) is 3.60. The lowest BCUT2D eigenvalue weighted by Crippen LogP contribution is -2.07. The number of rotatable bonds is 7. The molecule has 0 aromatic heterocycles. The predicted octanol–water partition coefficient (Wildman–Crippen LogP) is 5.66. The number of aryl methyl sites for hydroxylation is 1. The fourth-order valence-corrected chi connectivity index (χ4v) is 3.29. The van der Waals surface area contributed by atoms with Gasteiger partial charge in [-0.3, -0.25) is 0 Å². The minimum Gasteiger partial charge on any atom is -0.496 e. The number of hydrogen-bond acceptors (Lipinski definition) is 1. The van der Waals surface area contributed by atoms with Gasteiger partial charge >= 0.3 is 0 Å². The van der Waals surface area contributed by atoms with Crippen LogP contribution in [0.25, 0.3) is 0 Å². The van der Waals surface area contributed by atoms with Crippen LogP contribution in [0.1, 0.15) is 55.5 Å². The molecule has 1 nitrogen and oxygen atoms in total. The summed E-state index contributed by atoms with van der Waals surface area (Å²) in [5, 5.41) is 0. The number of alkyl halides is 1. The summed E-state index contributed by atoms with van der Waals surface area (Å²) < 4.78 is 5.32. The van der Waals surface area contributed by atoms with E-state index in [9.17, 15) is 0 Å². The molecule has 0 heterocycles. The molecule has 18 heavy (non-hydrogen) atoms. The first-order valence-electron chi connectivity index (χ1n) is 6.92. The first kappa shape index (κ1) is 15.6. The molecule has 0 saturated heterocycles. The van der Waals surface area contributed by atoms with Crippen LogP contribution in [0.15, 0.2) is 18.2 Å². The summed E-state index contributed by atoms with van der Waals surface area (Å²) in [4.78, 5) is 0.457. The summed E-state index contributed by atoms with van der Waals surface area (Å²) in [5.74, 6) is 1.69. The molecule has 0 spiro atoms. The third-order valence-corrected chi connectivity index (χ3v) is 4.88. The summed E-state index contributed by atoms with van der Waals surface area (Å²) in [6, 6.07) is 6.50. The molecule has 1 rings (SSSR count). The van der Waals surface area contributed by atoms with Gasteiger partial charge in [-0.1, -0.05) is 61.2 Å². The van der Waals surface area contributed by atoms with Crippen molar-refractivity contribution in [2.75, 3.05) is 7.11 Å². The molecule has 2 atom stereocenters. The Morgan fingerprint density at radius 1 is 1.28 bits per heavy atom. The lowest BCUT2D eigenvalue weighted by Gasteiger charge is -2.22. The van der Waals surface area contributed by atoms with Crippen LogP contribution in [0.5, 0.6) is 5.75 Å². The Hall–Kier alpha value is -0.500. The van der Waals surface area contributed by atoms with Crippen LogP contribution in [0.3, 0.4) is 0 Å². The first-order chi connectivity index (χ1) is 8.63. The van der Waals surface area contributed by atoms with Crippen LogP contribution in [0, 0.1) is 12.8 Å². The van der Waals surface area contributed by atoms with E-state index in [2.05, 4.69) is 54.9 Å². The summed E-state index contributed by atoms with van der Waals surface area (Å²) in [7, 11) is 1.73. The molecule has 0 bridgehead atoms. The molecule has 0 aliphatic heterocycles. The molecule has 0 N–H and O–H groups in total. The average molecular weight is 313 g/mol. The van der Waals surface area contributed by atoms with E-state index in [0.717, 1.165) is 11.7 Å². The molecule has 0 radical (unpaired) electrons. The van der Waals surface area contributed by atoms with Crippen molar-refractivity contribution in [1.82, 2.24) is 0 Å². The largest absolute Gasteiger partial charge is 0.496 e. The Balaban J connectivity index is 2.81. The Bertz CT molecular complexity index is 362. The van der Waals surface area contributed by atoms with Crippen molar-refractivity contribution in [1.29, 1.82) is 0 Å². The minimum atomic E-state index is 0.457. The number of halogens is 1. The van der Waals surface area contributed by atoms with E-state index in [0.29, 0.717) is 4.83 Å². The van der Waals surface area contributed by atoms with Crippen molar-refractivity contribution < 1.29 is 4.74 Å². The van der Waals surface area contributed by atoms with E-state index in [1.165, 1.54) is 36.8 Å². The highest BCUT2D eigenvalue weighted by Crippen LogP contribution is 2.37. The molecule has 0 amide bonds. The van der Waals surface area contributed by atoms with Crippen LogP contribution in [0.2, 0.25) is 0 Å². The number of methoxy groups -OCH3 is 1. The van der Waals surface area contributed by atoms with Crippen molar-refractivity contribution in [3.63, 3.8) is 0 Å². The fraction of sp³-hybridized carbons (Fsp3) is 0.625. The highest BCUT2D eigenvalue weighted by atomic mass is 79.9. The number of benzene rings is 1. The zero-order valence-electron chi connectivity index (χ0n) is 12.0. The topological polar surface area (TPSA) is 9.23 Å². The maximum Gasteiger partial charge on any atom is 0.121 e. The molecule has 2 unspecified atom stereocenters. The molecule has 0 fully saturated rings. The van der Waals surface area contributed by atoms with Crippen molar-refractivity contribution in [3.8, 4) is 5.75 Å². The van der Waals surface area contributed by atoms with Crippen molar-refractivity contribution in [2.24, 2.45) is 5.92 Å². The highest BCUT2D eigenvalue weighted by Gasteiger charge is 2.19. The second-order valence-corrected chi connectivity index (χ2v) is 5.93. The van der Waals surface area contributed by atoms with Gasteiger partial charge in [-0.2, -0.15) is 0 Å². The zero-order valence-corrected chi connectivity index (χ0v) is 13.6. The Kier molecular flexibility index (Phi) is 6.77. The lowest BCUT2D eigenvalue weighted by molar-refractivity contribution is 0.410. The van der Waals surface area contributed by atoms with Crippen molar-refractivity contribution in [3.05, 3.63) is 29.3 Å². The van der Waals surface area contributed by atoms with Crippen molar-refractivity contribution >= 4 is 15.9 Å². The zero-order chi connectivity index (χ0) is 13.5. The van der Waals surface area contributed by atoms with Crippen molar-refractivity contribution in [2.45, 2.75) is 51.3 Å². The first-order valence-corrected chi connectivity index (χ1v) is 7.84. The van der Waals surface area contributed by atoms with Crippen LogP contribution >= 0.6 is 15.9 Å². The van der Waals surface area contributed by atoms with Gasteiger partial charge in [0.15, 0.2) is 0 Å². The fourth-order valence-electron chi connectivity index (χ4n) is 2.37. The lowest BCUT2D eigenvalue weighted by atomic mass is 9.91. The van der Waals surface area contributed by atoms with E-state index >= 15 is 0 Å². The highest BCUT2D eigenvalue weighted by molar-refractivity contribution is 9.09. The van der Waals surface area contributed by atoms with E-state index in [1.807, 2.05) is 0 Å². The SMILES string of the molecule is CCCCC(CC)C(Br)c1ccc(OC)c(C)c1. The van der Waals surface area contributed by atoms with Gasteiger partial charge < -0.3 is 4.74 Å². The van der Waals surface area contributed by atoms with E-state index in [4.69, 9.17) is 4.74 Å². The van der Waals surface area contributed by atoms with Gasteiger partial charge in [0.25, 0.3) is 0 Å². The van der Waals surface area contributed by atoms with E-state index in [-0.39, 0.29) is 0 Å². The van der Waals surface area contributed by atoms with Gasteiger partial charge in [0.1, 0.15) is 5.75 Å². The molecule has 1 aromatic rings. The Morgan fingerprint density at radius 2 is 2.00 bits per heavy atom. The van der Waals surface area contributed by atoms with E-state index < -0.39 is 0 Å². The summed E-state index contributed by atoms with van der Waals surface area (Å²) >= 11 is 3.88. The van der Waals surface area contributed by atoms with Gasteiger partial charge in [-0.15, -0.1) is 0 Å². The van der Waals surface area contributed by atoms with Crippen LogP contribution in [0.4, 0.5) is 0 Å². The molecule has 0 aliphatic rings. The maximum atomic E-state index is 5.32. The molecule has 102 valence electrons. The third kappa shape index (κ3) is 4.01. The molecular weight excluding hydrogens is 288 g/mol. The number of hydrogen-bond donors (Lipinski definition) is 0. The smallest absolute Gasteiger partial charge is 0.121 e. The van der Waals surface area contributed by atoms with E-state index in [1.54, 1.807) is 7.11 Å². The van der Waals surface area contributed by atoms with Crippen LogP contribution in [-0.4, -0.2) is 7.11 Å². The Morgan fingerprint density at radius 3 is 2.50 bits per heavy atom. The van der Waals surface area contributed by atoms with Gasteiger partial charge in [0.05, 0.1) is 7.11 Å². The number of unbranched alkanes of at least 4 members (excludes halogenated alkanes) is 1. The average Bonchev–Trinajstić information content (AvgIpc) is 2.39. The molecule has 0 saturated carbocycles. The monoisotopic (exact) mass is 312 g/mol. The predicted molar refractivity (Wildman–Crippen MR) is 82.7 cm³/mol. The van der Waals surface area contributed by atoms with Gasteiger partial charge in [0, 0.05) is 4.83 Å². The number of ether oxygens (including phenoxy) is 1. The standard InChI is InChI=1S/C16H25BrO/c1-5-7-8-13(6-2)16(17)14-9-10-15(18-4)12(3)11-14/h9-11,13,16H,5-8H2,1-4H3. The molecule has 1 aromatic carbocycles.